The van der Waals surface area contributed by atoms with Gasteiger partial charge in [-0.2, -0.15) is 5.10 Å². The van der Waals surface area contributed by atoms with E-state index in [1.165, 1.54) is 49.7 Å². The van der Waals surface area contributed by atoms with Gasteiger partial charge in [-0.25, -0.2) is 4.79 Å². The second kappa shape index (κ2) is 7.30. The predicted molar refractivity (Wildman–Crippen MR) is 93.0 cm³/mol. The molecule has 2 heterocycles. The molecule has 4 nitrogen and oxygen atoms in total. The Hall–Kier alpha value is -1.62. The highest BCUT2D eigenvalue weighted by Crippen LogP contribution is 2.34. The second-order valence-electron chi connectivity index (χ2n) is 6.34. The number of methoxy groups -OCH3 is 1. The summed E-state index contributed by atoms with van der Waals surface area (Å²) in [5.41, 5.74) is 2.71. The molecular weight excluding hydrogens is 308 g/mol. The first-order chi connectivity index (χ1) is 11.2. The summed E-state index contributed by atoms with van der Waals surface area (Å²) < 4.78 is 6.95. The normalized spacial score (nSPS) is 16.8. The summed E-state index contributed by atoms with van der Waals surface area (Å²) in [6, 6.07) is 4.43. The zero-order chi connectivity index (χ0) is 16.2. The quantitative estimate of drug-likeness (QED) is 0.744. The SMILES string of the molecule is COC(=O)c1cc(-c2cc(C)cs2)n(C2CCCCCCC2)n1. The summed E-state index contributed by atoms with van der Waals surface area (Å²) in [4.78, 5) is 13.1. The van der Waals surface area contributed by atoms with Crippen LogP contribution in [0.15, 0.2) is 17.5 Å². The van der Waals surface area contributed by atoms with Crippen molar-refractivity contribution in [2.75, 3.05) is 7.11 Å². The molecule has 1 fully saturated rings. The zero-order valence-electron chi connectivity index (χ0n) is 13.9. The number of carbonyl (C=O) groups is 1. The van der Waals surface area contributed by atoms with Crippen LogP contribution in [-0.2, 0) is 4.74 Å². The molecule has 1 saturated carbocycles. The van der Waals surface area contributed by atoms with Crippen LogP contribution < -0.4 is 0 Å². The van der Waals surface area contributed by atoms with Crippen molar-refractivity contribution in [2.45, 2.75) is 57.9 Å². The van der Waals surface area contributed by atoms with E-state index in [-0.39, 0.29) is 5.97 Å². The summed E-state index contributed by atoms with van der Waals surface area (Å²) in [5.74, 6) is -0.357. The van der Waals surface area contributed by atoms with Gasteiger partial charge in [-0.3, -0.25) is 4.68 Å². The molecule has 0 radical (unpaired) electrons. The number of aromatic nitrogens is 2. The number of hydrogen-bond donors (Lipinski definition) is 0. The van der Waals surface area contributed by atoms with Crippen molar-refractivity contribution < 1.29 is 9.53 Å². The molecule has 0 saturated heterocycles. The Bertz CT molecular complexity index is 666. The first kappa shape index (κ1) is 16.2. The van der Waals surface area contributed by atoms with Gasteiger partial charge in [0.15, 0.2) is 5.69 Å². The van der Waals surface area contributed by atoms with Gasteiger partial charge in [0.05, 0.1) is 23.7 Å². The van der Waals surface area contributed by atoms with Gasteiger partial charge in [0.2, 0.25) is 0 Å². The van der Waals surface area contributed by atoms with Crippen molar-refractivity contribution in [3.05, 3.63) is 28.8 Å². The molecule has 0 aromatic carbocycles. The fraction of sp³-hybridized carbons (Fsp3) is 0.556. The van der Waals surface area contributed by atoms with Crippen LogP contribution in [0.3, 0.4) is 0 Å². The summed E-state index contributed by atoms with van der Waals surface area (Å²) in [6.07, 6.45) is 8.70. The van der Waals surface area contributed by atoms with Gasteiger partial charge in [0.25, 0.3) is 0 Å². The Labute approximate surface area is 141 Å². The number of aryl methyl sites for hydroxylation is 1. The highest BCUT2D eigenvalue weighted by molar-refractivity contribution is 7.13. The van der Waals surface area contributed by atoms with E-state index in [1.54, 1.807) is 11.3 Å². The number of rotatable bonds is 3. The maximum absolute atomic E-state index is 11.9. The summed E-state index contributed by atoms with van der Waals surface area (Å²) in [5, 5.41) is 6.75. The smallest absolute Gasteiger partial charge is 0.358 e. The zero-order valence-corrected chi connectivity index (χ0v) is 14.7. The standard InChI is InChI=1S/C18H24N2O2S/c1-13-10-17(23-12-13)16-11-15(18(21)22-2)19-20(16)14-8-6-4-3-5-7-9-14/h10-12,14H,3-9H2,1-2H3. The van der Waals surface area contributed by atoms with Crippen molar-refractivity contribution >= 4 is 17.3 Å². The molecule has 2 aromatic rings. The van der Waals surface area contributed by atoms with Crippen LogP contribution in [0.4, 0.5) is 0 Å². The number of nitrogens with zero attached hydrogens (tertiary/aromatic N) is 2. The van der Waals surface area contributed by atoms with Crippen molar-refractivity contribution in [1.29, 1.82) is 0 Å². The summed E-state index contributed by atoms with van der Waals surface area (Å²) in [7, 11) is 1.41. The highest BCUT2D eigenvalue weighted by Gasteiger charge is 2.22. The number of thiophene rings is 1. The molecule has 23 heavy (non-hydrogen) atoms. The molecule has 1 aliphatic rings. The number of esters is 1. The van der Waals surface area contributed by atoms with E-state index < -0.39 is 0 Å². The lowest BCUT2D eigenvalue weighted by atomic mass is 9.96. The third-order valence-electron chi connectivity index (χ3n) is 4.53. The van der Waals surface area contributed by atoms with E-state index in [9.17, 15) is 4.79 Å². The topological polar surface area (TPSA) is 44.1 Å². The van der Waals surface area contributed by atoms with Gasteiger partial charge in [0, 0.05) is 0 Å². The molecule has 0 spiro atoms. The molecule has 1 aliphatic carbocycles. The number of ether oxygens (including phenoxy) is 1. The molecule has 0 N–H and O–H groups in total. The Morgan fingerprint density at radius 3 is 2.52 bits per heavy atom. The number of carbonyl (C=O) groups excluding carboxylic acids is 1. The molecule has 0 amide bonds. The van der Waals surface area contributed by atoms with Crippen molar-refractivity contribution in [3.63, 3.8) is 0 Å². The first-order valence-electron chi connectivity index (χ1n) is 8.42. The van der Waals surface area contributed by atoms with Gasteiger partial charge in [0.1, 0.15) is 0 Å². The maximum atomic E-state index is 11.9. The van der Waals surface area contributed by atoms with E-state index in [2.05, 4.69) is 28.2 Å². The van der Waals surface area contributed by atoms with E-state index in [0.717, 1.165) is 18.5 Å². The molecule has 0 unspecified atom stereocenters. The minimum absolute atomic E-state index is 0.357. The van der Waals surface area contributed by atoms with Crippen LogP contribution in [0, 0.1) is 6.92 Å². The van der Waals surface area contributed by atoms with Crippen LogP contribution in [0.5, 0.6) is 0 Å². The van der Waals surface area contributed by atoms with E-state index in [4.69, 9.17) is 4.74 Å². The average Bonchev–Trinajstić information content (AvgIpc) is 3.12. The monoisotopic (exact) mass is 332 g/mol. The maximum Gasteiger partial charge on any atom is 0.358 e. The molecule has 5 heteroatoms. The van der Waals surface area contributed by atoms with Crippen LogP contribution in [0.25, 0.3) is 10.6 Å². The molecule has 0 bridgehead atoms. The Balaban J connectivity index is 1.98. The molecule has 3 rings (SSSR count). The number of hydrogen-bond acceptors (Lipinski definition) is 4. The van der Waals surface area contributed by atoms with Crippen LogP contribution in [0.1, 0.15) is 67.0 Å². The Morgan fingerprint density at radius 2 is 1.91 bits per heavy atom. The van der Waals surface area contributed by atoms with E-state index >= 15 is 0 Å². The van der Waals surface area contributed by atoms with Gasteiger partial charge in [-0.1, -0.05) is 32.1 Å². The second-order valence-corrected chi connectivity index (χ2v) is 7.25. The van der Waals surface area contributed by atoms with Gasteiger partial charge >= 0.3 is 5.97 Å². The van der Waals surface area contributed by atoms with Crippen LogP contribution >= 0.6 is 11.3 Å². The minimum atomic E-state index is -0.357. The molecule has 2 aromatic heterocycles. The Morgan fingerprint density at radius 1 is 1.22 bits per heavy atom. The highest BCUT2D eigenvalue weighted by atomic mass is 32.1. The molecule has 124 valence electrons. The van der Waals surface area contributed by atoms with E-state index in [0.29, 0.717) is 11.7 Å². The third-order valence-corrected chi connectivity index (χ3v) is 5.60. The molecular formula is C18H24N2O2S. The fourth-order valence-electron chi connectivity index (χ4n) is 3.31. The molecule has 0 aliphatic heterocycles. The van der Waals surface area contributed by atoms with E-state index in [1.807, 2.05) is 6.07 Å². The summed E-state index contributed by atoms with van der Waals surface area (Å²) in [6.45, 7) is 2.09. The lowest BCUT2D eigenvalue weighted by molar-refractivity contribution is 0.0592. The van der Waals surface area contributed by atoms with Crippen LogP contribution in [0.2, 0.25) is 0 Å². The Kier molecular flexibility index (Phi) is 5.16. The van der Waals surface area contributed by atoms with Gasteiger partial charge < -0.3 is 4.74 Å². The lowest BCUT2D eigenvalue weighted by Crippen LogP contribution is -2.14. The van der Waals surface area contributed by atoms with Gasteiger partial charge in [-0.15, -0.1) is 11.3 Å². The lowest BCUT2D eigenvalue weighted by Gasteiger charge is -2.22. The van der Waals surface area contributed by atoms with Crippen molar-refractivity contribution in [1.82, 2.24) is 9.78 Å². The fourth-order valence-corrected chi connectivity index (χ4v) is 4.21. The minimum Gasteiger partial charge on any atom is -0.464 e. The van der Waals surface area contributed by atoms with Crippen LogP contribution in [-0.4, -0.2) is 22.9 Å². The molecule has 0 atom stereocenters. The third kappa shape index (κ3) is 3.66. The summed E-state index contributed by atoms with van der Waals surface area (Å²) >= 11 is 1.71. The van der Waals surface area contributed by atoms with Gasteiger partial charge in [-0.05, 0) is 42.8 Å². The van der Waals surface area contributed by atoms with Crippen molar-refractivity contribution in [3.8, 4) is 10.6 Å². The average molecular weight is 332 g/mol. The largest absolute Gasteiger partial charge is 0.464 e. The van der Waals surface area contributed by atoms with Crippen molar-refractivity contribution in [2.24, 2.45) is 0 Å². The predicted octanol–water partition coefficient (Wildman–Crippen LogP) is 4.99. The first-order valence-corrected chi connectivity index (χ1v) is 9.30.